The number of nitrogens with one attached hydrogen (secondary N) is 1. The Morgan fingerprint density at radius 2 is 1.19 bits per heavy atom. The van der Waals surface area contributed by atoms with E-state index in [0.717, 1.165) is 57.8 Å². The van der Waals surface area contributed by atoms with Crippen LogP contribution in [0.3, 0.4) is 0 Å². The van der Waals surface area contributed by atoms with Gasteiger partial charge in [-0.2, -0.15) is 0 Å². The smallest absolute Gasteiger partial charge is 0.220 e. The Balaban J connectivity index is 1.79. The summed E-state index contributed by atoms with van der Waals surface area (Å²) in [5, 5.41) is 85.6. The normalized spacial score (nSPS) is 30.5. The van der Waals surface area contributed by atoms with Crippen molar-refractivity contribution in [2.75, 3.05) is 19.8 Å². The molecule has 0 aliphatic carbocycles. The summed E-state index contributed by atoms with van der Waals surface area (Å²) in [6.07, 6.45) is 7.63. The molecule has 2 aliphatic rings. The van der Waals surface area contributed by atoms with Crippen molar-refractivity contribution in [2.45, 2.75) is 209 Å². The number of carbonyl (C=O) groups excluding carboxylic acids is 1. The molecule has 14 heteroatoms. The largest absolute Gasteiger partial charge is 0.394 e. The van der Waals surface area contributed by atoms with Gasteiger partial charge in [-0.25, -0.2) is 0 Å². The molecule has 0 saturated carbocycles. The predicted molar refractivity (Wildman–Crippen MR) is 199 cm³/mol. The van der Waals surface area contributed by atoms with Gasteiger partial charge in [-0.1, -0.05) is 103 Å². The van der Waals surface area contributed by atoms with Gasteiger partial charge in [-0.15, -0.1) is 0 Å². The molecular weight excluding hydrogens is 690 g/mol. The Kier molecular flexibility index (Phi) is 25.5. The zero-order valence-electron chi connectivity index (χ0n) is 32.3. The lowest BCUT2D eigenvalue weighted by Crippen LogP contribution is -2.65. The van der Waals surface area contributed by atoms with Crippen LogP contribution in [0.2, 0.25) is 0 Å². The maximum Gasteiger partial charge on any atom is 0.220 e. The van der Waals surface area contributed by atoms with Crippen LogP contribution in [0, 0.1) is 0 Å². The highest BCUT2D eigenvalue weighted by Crippen LogP contribution is 2.30. The SMILES string of the molecule is CCCCCCCCC/C=C\CCCCCCCC(=O)NC(COC1OC(CO)C(OC2OC(CO)C(O)C(O)C2O)C(O)C1O)C(O)CCCCC. The van der Waals surface area contributed by atoms with E-state index in [9.17, 15) is 45.6 Å². The van der Waals surface area contributed by atoms with Crippen molar-refractivity contribution in [3.63, 3.8) is 0 Å². The highest BCUT2D eigenvalue weighted by Gasteiger charge is 2.50. The highest BCUT2D eigenvalue weighted by atomic mass is 16.7. The summed E-state index contributed by atoms with van der Waals surface area (Å²) in [6, 6.07) is -0.823. The van der Waals surface area contributed by atoms with Gasteiger partial charge in [0.1, 0.15) is 48.8 Å². The maximum absolute atomic E-state index is 12.9. The zero-order chi connectivity index (χ0) is 39.0. The van der Waals surface area contributed by atoms with Gasteiger partial charge in [0.05, 0.1) is 32.0 Å². The number of unbranched alkanes of at least 4 members (excludes halogenated alkanes) is 14. The van der Waals surface area contributed by atoms with Gasteiger partial charge in [0.15, 0.2) is 12.6 Å². The van der Waals surface area contributed by atoms with E-state index in [2.05, 4.69) is 24.4 Å². The molecule has 0 aromatic carbocycles. The maximum atomic E-state index is 12.9. The Labute approximate surface area is 316 Å². The first-order valence-electron chi connectivity index (χ1n) is 20.4. The standard InChI is InChI=1S/C39H73NO13/c1-3-5-7-8-9-10-11-12-13-14-15-16-17-18-19-21-23-31(44)40-27(28(43)22-20-6-4-2)26-50-38-36(49)34(47)37(30(25-42)52-38)53-39-35(48)33(46)32(45)29(24-41)51-39/h13-14,27-30,32-39,41-43,45-49H,3-12,15-26H2,1-2H3,(H,40,44)/b14-13-. The summed E-state index contributed by atoms with van der Waals surface area (Å²) in [7, 11) is 0. The van der Waals surface area contributed by atoms with Crippen LogP contribution >= 0.6 is 0 Å². The average molecular weight is 764 g/mol. The second kappa shape index (κ2) is 28.2. The van der Waals surface area contributed by atoms with Crippen molar-refractivity contribution in [2.24, 2.45) is 0 Å². The van der Waals surface area contributed by atoms with Crippen molar-refractivity contribution in [1.82, 2.24) is 5.32 Å². The van der Waals surface area contributed by atoms with Gasteiger partial charge in [0.2, 0.25) is 5.91 Å². The zero-order valence-corrected chi connectivity index (χ0v) is 32.3. The average Bonchev–Trinajstić information content (AvgIpc) is 3.15. The van der Waals surface area contributed by atoms with Crippen LogP contribution in [-0.4, -0.2) is 140 Å². The number of carbonyl (C=O) groups is 1. The monoisotopic (exact) mass is 764 g/mol. The second-order valence-corrected chi connectivity index (χ2v) is 14.8. The molecule has 2 aliphatic heterocycles. The van der Waals surface area contributed by atoms with E-state index in [1.54, 1.807) is 0 Å². The van der Waals surface area contributed by atoms with Crippen molar-refractivity contribution >= 4 is 5.91 Å². The van der Waals surface area contributed by atoms with E-state index in [0.29, 0.717) is 19.3 Å². The van der Waals surface area contributed by atoms with Gasteiger partial charge in [0, 0.05) is 6.42 Å². The molecule has 0 spiro atoms. The number of aliphatic hydroxyl groups is 8. The number of aliphatic hydroxyl groups excluding tert-OH is 8. The Hall–Kier alpha value is -1.27. The second-order valence-electron chi connectivity index (χ2n) is 14.8. The molecule has 9 N–H and O–H groups in total. The molecule has 0 radical (unpaired) electrons. The molecular formula is C39H73NO13. The van der Waals surface area contributed by atoms with Crippen molar-refractivity contribution in [3.8, 4) is 0 Å². The third kappa shape index (κ3) is 17.6. The Bertz CT molecular complexity index is 956. The molecule has 0 aromatic heterocycles. The predicted octanol–water partition coefficient (Wildman–Crippen LogP) is 2.48. The summed E-state index contributed by atoms with van der Waals surface area (Å²) in [6.45, 7) is 2.63. The van der Waals surface area contributed by atoms with Crippen LogP contribution in [0.4, 0.5) is 0 Å². The molecule has 2 fully saturated rings. The van der Waals surface area contributed by atoms with Gasteiger partial charge < -0.3 is 65.1 Å². The molecule has 0 aromatic rings. The third-order valence-corrected chi connectivity index (χ3v) is 10.2. The number of hydrogen-bond donors (Lipinski definition) is 9. The fourth-order valence-corrected chi connectivity index (χ4v) is 6.76. The lowest BCUT2D eigenvalue weighted by atomic mass is 9.97. The number of rotatable bonds is 29. The van der Waals surface area contributed by atoms with E-state index in [4.69, 9.17) is 18.9 Å². The minimum absolute atomic E-state index is 0.229. The van der Waals surface area contributed by atoms with Crippen molar-refractivity contribution < 1.29 is 64.6 Å². The van der Waals surface area contributed by atoms with E-state index in [1.807, 2.05) is 6.92 Å². The molecule has 0 bridgehead atoms. The topological polar surface area (TPSA) is 228 Å². The minimum atomic E-state index is -1.78. The molecule has 14 nitrogen and oxygen atoms in total. The van der Waals surface area contributed by atoms with Crippen molar-refractivity contribution in [3.05, 3.63) is 12.2 Å². The third-order valence-electron chi connectivity index (χ3n) is 10.2. The summed E-state index contributed by atoms with van der Waals surface area (Å²) >= 11 is 0. The molecule has 2 saturated heterocycles. The Morgan fingerprint density at radius 1 is 0.660 bits per heavy atom. The van der Waals surface area contributed by atoms with Crippen LogP contribution in [0.15, 0.2) is 12.2 Å². The van der Waals surface area contributed by atoms with Gasteiger partial charge in [0.25, 0.3) is 0 Å². The van der Waals surface area contributed by atoms with Crippen LogP contribution in [0.1, 0.15) is 136 Å². The van der Waals surface area contributed by atoms with E-state index < -0.39 is 86.8 Å². The fraction of sp³-hybridized carbons (Fsp3) is 0.923. The molecule has 312 valence electrons. The quantitative estimate of drug-likeness (QED) is 0.0395. The van der Waals surface area contributed by atoms with E-state index >= 15 is 0 Å². The molecule has 12 unspecified atom stereocenters. The summed E-state index contributed by atoms with van der Waals surface area (Å²) in [5.74, 6) is -0.229. The fourth-order valence-electron chi connectivity index (χ4n) is 6.76. The molecule has 2 rings (SSSR count). The molecule has 2 heterocycles. The lowest BCUT2D eigenvalue weighted by molar-refractivity contribution is -0.359. The summed E-state index contributed by atoms with van der Waals surface area (Å²) < 4.78 is 22.4. The molecule has 12 atom stereocenters. The minimum Gasteiger partial charge on any atom is -0.394 e. The number of hydrogen-bond acceptors (Lipinski definition) is 13. The van der Waals surface area contributed by atoms with Crippen LogP contribution in [0.5, 0.6) is 0 Å². The van der Waals surface area contributed by atoms with E-state index in [1.165, 1.54) is 44.9 Å². The first-order valence-corrected chi connectivity index (χ1v) is 20.4. The van der Waals surface area contributed by atoms with Crippen LogP contribution in [0.25, 0.3) is 0 Å². The van der Waals surface area contributed by atoms with Crippen molar-refractivity contribution in [1.29, 1.82) is 0 Å². The summed E-state index contributed by atoms with van der Waals surface area (Å²) in [4.78, 5) is 12.9. The molecule has 53 heavy (non-hydrogen) atoms. The van der Waals surface area contributed by atoms with Gasteiger partial charge in [-0.3, -0.25) is 4.79 Å². The first kappa shape index (κ1) is 47.9. The highest BCUT2D eigenvalue weighted by molar-refractivity contribution is 5.76. The summed E-state index contributed by atoms with van der Waals surface area (Å²) in [5.41, 5.74) is 0. The first-order chi connectivity index (χ1) is 25.6. The van der Waals surface area contributed by atoms with Gasteiger partial charge >= 0.3 is 0 Å². The van der Waals surface area contributed by atoms with Crippen LogP contribution < -0.4 is 5.32 Å². The Morgan fingerprint density at radius 3 is 1.79 bits per heavy atom. The number of ether oxygens (including phenoxy) is 4. The number of allylic oxidation sites excluding steroid dienone is 2. The van der Waals surface area contributed by atoms with Crippen LogP contribution in [-0.2, 0) is 23.7 Å². The molecule has 1 amide bonds. The lowest BCUT2D eigenvalue weighted by Gasteiger charge is -2.46. The van der Waals surface area contributed by atoms with Gasteiger partial charge in [-0.05, 0) is 38.5 Å². The van der Waals surface area contributed by atoms with E-state index in [-0.39, 0.29) is 12.5 Å². The number of amides is 1.